The molecule has 1 aromatic heterocycles. The highest BCUT2D eigenvalue weighted by molar-refractivity contribution is 5.94. The van der Waals surface area contributed by atoms with Gasteiger partial charge in [0.15, 0.2) is 0 Å². The van der Waals surface area contributed by atoms with E-state index >= 15 is 0 Å². The number of nitrogens with zero attached hydrogens (tertiary/aromatic N) is 4. The SMILES string of the molecule is Cc1nccn1CCC(=O)N1CCCCCCCN(C(=O)CC(C)C)c2ccccc2C1. The maximum atomic E-state index is 13.2. The van der Waals surface area contributed by atoms with Gasteiger partial charge in [0.2, 0.25) is 11.8 Å². The summed E-state index contributed by atoms with van der Waals surface area (Å²) in [5.41, 5.74) is 2.01. The Morgan fingerprint density at radius 3 is 2.44 bits per heavy atom. The van der Waals surface area contributed by atoms with Crippen LogP contribution in [0.25, 0.3) is 0 Å². The topological polar surface area (TPSA) is 58.4 Å². The normalized spacial score (nSPS) is 15.8. The number of carbonyl (C=O) groups excluding carboxylic acids is 2. The number of imidazole rings is 1. The van der Waals surface area contributed by atoms with Crippen molar-refractivity contribution in [1.29, 1.82) is 0 Å². The third-order valence-electron chi connectivity index (χ3n) is 6.18. The molecule has 0 saturated carbocycles. The molecular formula is C26H38N4O2. The van der Waals surface area contributed by atoms with E-state index in [2.05, 4.69) is 24.9 Å². The van der Waals surface area contributed by atoms with E-state index in [0.717, 1.165) is 62.3 Å². The van der Waals surface area contributed by atoms with Crippen LogP contribution in [0.3, 0.4) is 0 Å². The number of benzene rings is 1. The number of carbonyl (C=O) groups is 2. The predicted octanol–water partition coefficient (Wildman–Crippen LogP) is 4.95. The average Bonchev–Trinajstić information content (AvgIpc) is 3.16. The minimum Gasteiger partial charge on any atom is -0.338 e. The lowest BCUT2D eigenvalue weighted by Crippen LogP contribution is -2.36. The van der Waals surface area contributed by atoms with Crippen molar-refractivity contribution in [1.82, 2.24) is 14.5 Å². The molecule has 2 heterocycles. The first-order valence-corrected chi connectivity index (χ1v) is 12.1. The van der Waals surface area contributed by atoms with Crippen molar-refractivity contribution in [3.05, 3.63) is 48.0 Å². The number of hydrogen-bond donors (Lipinski definition) is 0. The number of para-hydroxylation sites is 1. The molecule has 0 bridgehead atoms. The van der Waals surface area contributed by atoms with Gasteiger partial charge >= 0.3 is 0 Å². The highest BCUT2D eigenvalue weighted by atomic mass is 16.2. The first-order valence-electron chi connectivity index (χ1n) is 12.1. The number of anilines is 1. The standard InChI is InChI=1S/C26H38N4O2/c1-21(2)19-26(32)30-16-10-6-4-5-9-15-29(20-23-11-7-8-12-24(23)30)25(31)13-17-28-18-14-27-22(28)3/h7-8,11-12,14,18,21H,4-6,9-10,13,15-17,19-20H2,1-3H3. The third-order valence-corrected chi connectivity index (χ3v) is 6.18. The van der Waals surface area contributed by atoms with Gasteiger partial charge in [-0.1, -0.05) is 51.3 Å². The minimum absolute atomic E-state index is 0.157. The zero-order valence-corrected chi connectivity index (χ0v) is 19.9. The van der Waals surface area contributed by atoms with E-state index in [4.69, 9.17) is 0 Å². The summed E-state index contributed by atoms with van der Waals surface area (Å²) in [7, 11) is 0. The lowest BCUT2D eigenvalue weighted by Gasteiger charge is -2.30. The molecule has 1 aromatic carbocycles. The molecule has 6 nitrogen and oxygen atoms in total. The van der Waals surface area contributed by atoms with E-state index in [-0.39, 0.29) is 11.8 Å². The maximum Gasteiger partial charge on any atom is 0.227 e. The summed E-state index contributed by atoms with van der Waals surface area (Å²) in [6, 6.07) is 8.11. The van der Waals surface area contributed by atoms with Gasteiger partial charge in [0, 0.05) is 57.1 Å². The summed E-state index contributed by atoms with van der Waals surface area (Å²) in [5, 5.41) is 0. The van der Waals surface area contributed by atoms with Crippen LogP contribution in [0.4, 0.5) is 5.69 Å². The Kier molecular flexibility index (Phi) is 8.89. The number of amides is 2. The van der Waals surface area contributed by atoms with Crippen LogP contribution < -0.4 is 4.90 Å². The predicted molar refractivity (Wildman–Crippen MR) is 128 cm³/mol. The number of rotatable bonds is 5. The second-order valence-electron chi connectivity index (χ2n) is 9.27. The summed E-state index contributed by atoms with van der Waals surface area (Å²) < 4.78 is 2.02. The molecule has 0 unspecified atom stereocenters. The van der Waals surface area contributed by atoms with Crippen LogP contribution in [0.5, 0.6) is 0 Å². The molecule has 0 fully saturated rings. The molecule has 174 valence electrons. The molecule has 6 heteroatoms. The zero-order chi connectivity index (χ0) is 22.9. The van der Waals surface area contributed by atoms with E-state index in [0.29, 0.717) is 31.8 Å². The summed E-state index contributed by atoms with van der Waals surface area (Å²) in [5.74, 6) is 1.58. The van der Waals surface area contributed by atoms with E-state index < -0.39 is 0 Å². The Bertz CT molecular complexity index is 889. The van der Waals surface area contributed by atoms with Crippen molar-refractivity contribution in [2.75, 3.05) is 18.0 Å². The fourth-order valence-electron chi connectivity index (χ4n) is 4.36. The van der Waals surface area contributed by atoms with Crippen LogP contribution in [0.15, 0.2) is 36.7 Å². The van der Waals surface area contributed by atoms with Crippen LogP contribution >= 0.6 is 0 Å². The maximum absolute atomic E-state index is 13.2. The van der Waals surface area contributed by atoms with E-state index in [9.17, 15) is 9.59 Å². The molecule has 0 saturated heterocycles. The van der Waals surface area contributed by atoms with Gasteiger partial charge in [0.25, 0.3) is 0 Å². The van der Waals surface area contributed by atoms with Crippen LogP contribution in [0.2, 0.25) is 0 Å². The Morgan fingerprint density at radius 2 is 1.72 bits per heavy atom. The molecule has 2 aromatic rings. The lowest BCUT2D eigenvalue weighted by molar-refractivity contribution is -0.132. The van der Waals surface area contributed by atoms with Crippen molar-refractivity contribution in [3.8, 4) is 0 Å². The Balaban J connectivity index is 1.81. The summed E-state index contributed by atoms with van der Waals surface area (Å²) in [4.78, 5) is 34.5. The Labute approximate surface area is 192 Å². The first-order chi connectivity index (χ1) is 15.5. The van der Waals surface area contributed by atoms with Crippen LogP contribution in [-0.4, -0.2) is 39.4 Å². The van der Waals surface area contributed by atoms with Crippen LogP contribution in [0, 0.1) is 12.8 Å². The van der Waals surface area contributed by atoms with E-state index in [1.54, 1.807) is 6.20 Å². The highest BCUT2D eigenvalue weighted by Gasteiger charge is 2.22. The number of hydrogen-bond acceptors (Lipinski definition) is 3. The molecular weight excluding hydrogens is 400 g/mol. The van der Waals surface area contributed by atoms with E-state index in [1.165, 1.54) is 0 Å². The first kappa shape index (κ1) is 24.0. The van der Waals surface area contributed by atoms with Crippen LogP contribution in [0.1, 0.15) is 70.2 Å². The van der Waals surface area contributed by atoms with Gasteiger partial charge in [-0.15, -0.1) is 0 Å². The van der Waals surface area contributed by atoms with Gasteiger partial charge in [-0.25, -0.2) is 4.98 Å². The fourth-order valence-corrected chi connectivity index (χ4v) is 4.36. The minimum atomic E-state index is 0.157. The van der Waals surface area contributed by atoms with Gasteiger partial charge in [0.05, 0.1) is 0 Å². The van der Waals surface area contributed by atoms with Crippen molar-refractivity contribution in [2.24, 2.45) is 5.92 Å². The second-order valence-corrected chi connectivity index (χ2v) is 9.27. The van der Waals surface area contributed by atoms with Crippen molar-refractivity contribution in [2.45, 2.75) is 78.8 Å². The molecule has 0 N–H and O–H groups in total. The fraction of sp³-hybridized carbons (Fsp3) is 0.577. The Morgan fingerprint density at radius 1 is 1.00 bits per heavy atom. The molecule has 1 aliphatic rings. The smallest absolute Gasteiger partial charge is 0.227 e. The molecule has 32 heavy (non-hydrogen) atoms. The summed E-state index contributed by atoms with van der Waals surface area (Å²) in [6.07, 6.45) is 10.1. The summed E-state index contributed by atoms with van der Waals surface area (Å²) in [6.45, 7) is 8.82. The van der Waals surface area contributed by atoms with Gasteiger partial charge in [-0.3, -0.25) is 9.59 Å². The van der Waals surface area contributed by atoms with Crippen molar-refractivity contribution in [3.63, 3.8) is 0 Å². The highest BCUT2D eigenvalue weighted by Crippen LogP contribution is 2.26. The number of aromatic nitrogens is 2. The van der Waals surface area contributed by atoms with Crippen LogP contribution in [-0.2, 0) is 22.7 Å². The van der Waals surface area contributed by atoms with Gasteiger partial charge in [-0.2, -0.15) is 0 Å². The zero-order valence-electron chi connectivity index (χ0n) is 19.9. The molecule has 0 aliphatic carbocycles. The third kappa shape index (κ3) is 6.68. The van der Waals surface area contributed by atoms with Gasteiger partial charge in [-0.05, 0) is 37.3 Å². The number of aryl methyl sites for hydroxylation is 2. The molecule has 3 rings (SSSR count). The average molecular weight is 439 g/mol. The van der Waals surface area contributed by atoms with Crippen molar-refractivity contribution >= 4 is 17.5 Å². The second kappa shape index (κ2) is 11.8. The lowest BCUT2D eigenvalue weighted by atomic mass is 10.0. The monoisotopic (exact) mass is 438 g/mol. The molecule has 0 spiro atoms. The largest absolute Gasteiger partial charge is 0.338 e. The summed E-state index contributed by atoms with van der Waals surface area (Å²) >= 11 is 0. The molecule has 1 aliphatic heterocycles. The Hall–Kier alpha value is -2.63. The van der Waals surface area contributed by atoms with E-state index in [1.807, 2.05) is 45.7 Å². The molecule has 0 atom stereocenters. The molecule has 0 radical (unpaired) electrons. The quantitative estimate of drug-likeness (QED) is 0.663. The van der Waals surface area contributed by atoms with Gasteiger partial charge < -0.3 is 14.4 Å². The molecule has 2 amide bonds. The van der Waals surface area contributed by atoms with Crippen molar-refractivity contribution < 1.29 is 9.59 Å². The number of fused-ring (bicyclic) bond motifs is 1. The van der Waals surface area contributed by atoms with Gasteiger partial charge in [0.1, 0.15) is 5.82 Å².